The molecule has 0 aliphatic rings. The van der Waals surface area contributed by atoms with Gasteiger partial charge in [0, 0.05) is 13.6 Å². The lowest BCUT2D eigenvalue weighted by molar-refractivity contribution is -0.136. The third-order valence-electron chi connectivity index (χ3n) is 1.77. The van der Waals surface area contributed by atoms with Crippen LogP contribution in [0.3, 0.4) is 0 Å². The monoisotopic (exact) mass is 227 g/mol. The largest absolute Gasteiger partial charge is 0.342 e. The molecule has 0 bridgehead atoms. The molecule has 0 heterocycles. The van der Waals surface area contributed by atoms with Gasteiger partial charge in [-0.05, 0) is 13.3 Å². The summed E-state index contributed by atoms with van der Waals surface area (Å²) in [4.78, 5) is 12.1. The second-order valence-electron chi connectivity index (χ2n) is 3.12. The van der Waals surface area contributed by atoms with E-state index in [-0.39, 0.29) is 6.54 Å². The quantitative estimate of drug-likeness (QED) is 0.707. The van der Waals surface area contributed by atoms with Crippen molar-refractivity contribution in [3.8, 4) is 0 Å². The van der Waals surface area contributed by atoms with Gasteiger partial charge in [-0.25, -0.2) is 4.39 Å². The Morgan fingerprint density at radius 1 is 1.57 bits per heavy atom. The second kappa shape index (κ2) is 4.22. The van der Waals surface area contributed by atoms with Crippen LogP contribution in [0.15, 0.2) is 0 Å². The SMILES string of the molecule is CCCN(C)C(=O)C(C)(F)S(=O)(=O)O. The van der Waals surface area contributed by atoms with Crippen molar-refractivity contribution in [2.24, 2.45) is 0 Å². The molecule has 1 N–H and O–H groups in total. The van der Waals surface area contributed by atoms with E-state index in [1.54, 1.807) is 6.92 Å². The summed E-state index contributed by atoms with van der Waals surface area (Å²) in [5.41, 5.74) is 0. The Hall–Kier alpha value is -0.690. The van der Waals surface area contributed by atoms with Crippen LogP contribution in [-0.2, 0) is 14.9 Å². The summed E-state index contributed by atoms with van der Waals surface area (Å²) >= 11 is 0. The summed E-state index contributed by atoms with van der Waals surface area (Å²) in [7, 11) is -3.75. The minimum Gasteiger partial charge on any atom is -0.342 e. The van der Waals surface area contributed by atoms with Crippen molar-refractivity contribution >= 4 is 16.0 Å². The number of amides is 1. The summed E-state index contributed by atoms with van der Waals surface area (Å²) in [6.07, 6.45) is 0.573. The fourth-order valence-corrected chi connectivity index (χ4v) is 1.26. The van der Waals surface area contributed by atoms with Crippen LogP contribution in [0.1, 0.15) is 20.3 Å². The van der Waals surface area contributed by atoms with Gasteiger partial charge in [-0.2, -0.15) is 8.42 Å². The molecule has 0 aromatic heterocycles. The molecule has 0 aromatic carbocycles. The number of halogens is 1. The summed E-state index contributed by atoms with van der Waals surface area (Å²) in [6.45, 7) is 2.51. The van der Waals surface area contributed by atoms with Gasteiger partial charge in [-0.1, -0.05) is 6.92 Å². The molecule has 0 saturated carbocycles. The molecular formula is C7H14FNO4S. The van der Waals surface area contributed by atoms with E-state index in [0.29, 0.717) is 13.3 Å². The average Bonchev–Trinajstić information content (AvgIpc) is 2.01. The van der Waals surface area contributed by atoms with Gasteiger partial charge in [0.2, 0.25) is 0 Å². The molecule has 0 spiro atoms. The van der Waals surface area contributed by atoms with Crippen molar-refractivity contribution in [2.45, 2.75) is 25.3 Å². The van der Waals surface area contributed by atoms with Crippen molar-refractivity contribution in [1.29, 1.82) is 0 Å². The van der Waals surface area contributed by atoms with Crippen LogP contribution < -0.4 is 0 Å². The highest BCUT2D eigenvalue weighted by atomic mass is 32.2. The number of rotatable bonds is 4. The molecule has 0 rings (SSSR count). The van der Waals surface area contributed by atoms with Crippen molar-refractivity contribution in [1.82, 2.24) is 4.90 Å². The third-order valence-corrected chi connectivity index (χ3v) is 2.92. The van der Waals surface area contributed by atoms with Gasteiger partial charge in [0.1, 0.15) is 0 Å². The first-order chi connectivity index (χ1) is 6.14. The van der Waals surface area contributed by atoms with E-state index in [9.17, 15) is 17.6 Å². The lowest BCUT2D eigenvalue weighted by Crippen LogP contribution is -2.47. The van der Waals surface area contributed by atoms with Gasteiger partial charge in [0.15, 0.2) is 0 Å². The maximum Gasteiger partial charge on any atom is 0.309 e. The fourth-order valence-electron chi connectivity index (χ4n) is 0.888. The summed E-state index contributed by atoms with van der Waals surface area (Å²) in [5, 5.41) is -3.27. The van der Waals surface area contributed by atoms with Crippen molar-refractivity contribution in [3.05, 3.63) is 0 Å². The predicted octanol–water partition coefficient (Wildman–Crippen LogP) is 0.428. The smallest absolute Gasteiger partial charge is 0.309 e. The Labute approximate surface area is 82.6 Å². The molecule has 0 saturated heterocycles. The van der Waals surface area contributed by atoms with E-state index >= 15 is 0 Å². The highest BCUT2D eigenvalue weighted by molar-refractivity contribution is 7.87. The van der Waals surface area contributed by atoms with Crippen LogP contribution in [-0.4, -0.2) is 42.4 Å². The zero-order valence-electron chi connectivity index (χ0n) is 8.32. The maximum absolute atomic E-state index is 13.3. The molecule has 1 amide bonds. The summed E-state index contributed by atoms with van der Waals surface area (Å²) < 4.78 is 42.9. The molecule has 0 aliphatic carbocycles. The van der Waals surface area contributed by atoms with E-state index in [1.807, 2.05) is 0 Å². The van der Waals surface area contributed by atoms with Crippen molar-refractivity contribution in [3.63, 3.8) is 0 Å². The zero-order valence-corrected chi connectivity index (χ0v) is 9.14. The fraction of sp³-hybridized carbons (Fsp3) is 0.857. The second-order valence-corrected chi connectivity index (χ2v) is 4.84. The Balaban J connectivity index is 4.86. The number of nitrogens with zero attached hydrogens (tertiary/aromatic N) is 1. The highest BCUT2D eigenvalue weighted by Gasteiger charge is 2.47. The van der Waals surface area contributed by atoms with Gasteiger partial charge in [0.25, 0.3) is 5.91 Å². The third kappa shape index (κ3) is 2.65. The first-order valence-electron chi connectivity index (χ1n) is 4.06. The summed E-state index contributed by atoms with van der Waals surface area (Å²) in [5.74, 6) is -1.26. The van der Waals surface area contributed by atoms with Gasteiger partial charge in [0.05, 0.1) is 0 Å². The molecule has 14 heavy (non-hydrogen) atoms. The Kier molecular flexibility index (Phi) is 4.01. The zero-order chi connectivity index (χ0) is 11.6. The van der Waals surface area contributed by atoms with E-state index in [0.717, 1.165) is 4.90 Å². The number of hydrogen-bond donors (Lipinski definition) is 1. The standard InChI is InChI=1S/C7H14FNO4S/c1-4-5-9(3)6(10)7(2,8)14(11,12)13/h4-5H2,1-3H3,(H,11,12,13). The molecule has 5 nitrogen and oxygen atoms in total. The Morgan fingerprint density at radius 3 is 2.29 bits per heavy atom. The van der Waals surface area contributed by atoms with Gasteiger partial charge in [-0.3, -0.25) is 9.35 Å². The molecule has 0 aliphatic heterocycles. The topological polar surface area (TPSA) is 74.7 Å². The number of carbonyl (C=O) groups excluding carboxylic acids is 1. The minimum absolute atomic E-state index is 0.230. The summed E-state index contributed by atoms with van der Waals surface area (Å²) in [6, 6.07) is 0. The molecular weight excluding hydrogens is 213 g/mol. The van der Waals surface area contributed by atoms with Gasteiger partial charge >= 0.3 is 15.1 Å². The number of hydrogen-bond acceptors (Lipinski definition) is 3. The Bertz CT molecular complexity index is 312. The van der Waals surface area contributed by atoms with Crippen molar-refractivity contribution < 1.29 is 22.2 Å². The van der Waals surface area contributed by atoms with E-state index in [1.165, 1.54) is 7.05 Å². The van der Waals surface area contributed by atoms with Crippen LogP contribution >= 0.6 is 0 Å². The van der Waals surface area contributed by atoms with Crippen LogP contribution in [0.5, 0.6) is 0 Å². The van der Waals surface area contributed by atoms with E-state index in [4.69, 9.17) is 4.55 Å². The molecule has 0 aromatic rings. The molecule has 1 atom stereocenters. The van der Waals surface area contributed by atoms with Crippen LogP contribution in [0.4, 0.5) is 4.39 Å². The molecule has 84 valence electrons. The van der Waals surface area contributed by atoms with E-state index in [2.05, 4.69) is 0 Å². The molecule has 0 radical (unpaired) electrons. The van der Waals surface area contributed by atoms with Crippen molar-refractivity contribution in [2.75, 3.05) is 13.6 Å². The van der Waals surface area contributed by atoms with Gasteiger partial charge in [-0.15, -0.1) is 0 Å². The lowest BCUT2D eigenvalue weighted by Gasteiger charge is -2.23. The van der Waals surface area contributed by atoms with E-state index < -0.39 is 21.0 Å². The molecule has 7 heteroatoms. The van der Waals surface area contributed by atoms with Crippen LogP contribution in [0.2, 0.25) is 0 Å². The highest BCUT2D eigenvalue weighted by Crippen LogP contribution is 2.20. The maximum atomic E-state index is 13.3. The first-order valence-corrected chi connectivity index (χ1v) is 5.50. The van der Waals surface area contributed by atoms with Gasteiger partial charge < -0.3 is 4.90 Å². The molecule has 0 fully saturated rings. The molecule has 1 unspecified atom stereocenters. The number of alkyl halides is 1. The predicted molar refractivity (Wildman–Crippen MR) is 49.0 cm³/mol. The Morgan fingerprint density at radius 2 is 2.00 bits per heavy atom. The number of carbonyl (C=O) groups is 1. The minimum atomic E-state index is -5.02. The van der Waals surface area contributed by atoms with Crippen LogP contribution in [0, 0.1) is 0 Å². The average molecular weight is 227 g/mol. The normalized spacial score (nSPS) is 16.1. The first kappa shape index (κ1) is 13.3. The van der Waals surface area contributed by atoms with Crippen LogP contribution in [0.25, 0.3) is 0 Å². The lowest BCUT2D eigenvalue weighted by atomic mass is 10.3.